The first-order valence-corrected chi connectivity index (χ1v) is 8.40. The van der Waals surface area contributed by atoms with Crippen LogP contribution in [0, 0.1) is 17.0 Å². The maximum atomic E-state index is 13.2. The molecular weight excluding hydrogens is 398 g/mol. The third-order valence-corrected chi connectivity index (χ3v) is 4.21. The molecule has 1 aromatic heterocycles. The Bertz CT molecular complexity index is 1150. The highest BCUT2D eigenvalue weighted by molar-refractivity contribution is 6.16. The molecule has 0 aliphatic rings. The highest BCUT2D eigenvalue weighted by Gasteiger charge is 2.34. The van der Waals surface area contributed by atoms with Crippen molar-refractivity contribution in [3.8, 4) is 22.9 Å². The SMILES string of the molecule is COC(=O)c1ccc(C(=O)c2c(-c3noc(C)n3)cc(OC)c(O)c2[N+](=O)[O-])cc1. The molecule has 0 atom stereocenters. The van der Waals surface area contributed by atoms with Crippen LogP contribution in [0.15, 0.2) is 34.9 Å². The van der Waals surface area contributed by atoms with E-state index in [1.54, 1.807) is 0 Å². The van der Waals surface area contributed by atoms with E-state index in [2.05, 4.69) is 14.9 Å². The molecule has 0 aliphatic heterocycles. The number of aryl methyl sites for hydroxylation is 1. The van der Waals surface area contributed by atoms with Crippen LogP contribution in [0.4, 0.5) is 5.69 Å². The largest absolute Gasteiger partial charge is 0.499 e. The van der Waals surface area contributed by atoms with Gasteiger partial charge in [-0.05, 0) is 18.2 Å². The number of hydrogen-bond acceptors (Lipinski definition) is 10. The third kappa shape index (κ3) is 3.55. The molecular formula is C19H15N3O8. The number of phenolic OH excluding ortho intramolecular Hbond substituents is 1. The first kappa shape index (κ1) is 20.5. The number of nitrogens with zero attached hydrogens (tertiary/aromatic N) is 3. The summed E-state index contributed by atoms with van der Waals surface area (Å²) in [6.45, 7) is 1.51. The van der Waals surface area contributed by atoms with E-state index in [-0.39, 0.29) is 34.2 Å². The van der Waals surface area contributed by atoms with Crippen LogP contribution in [-0.4, -0.2) is 46.1 Å². The summed E-state index contributed by atoms with van der Waals surface area (Å²) >= 11 is 0. The van der Waals surface area contributed by atoms with Gasteiger partial charge in [0.25, 0.3) is 0 Å². The summed E-state index contributed by atoms with van der Waals surface area (Å²) in [6.07, 6.45) is 0. The van der Waals surface area contributed by atoms with E-state index in [0.717, 1.165) is 0 Å². The maximum Gasteiger partial charge on any atom is 0.337 e. The summed E-state index contributed by atoms with van der Waals surface area (Å²) in [5.74, 6) is -2.39. The predicted octanol–water partition coefficient (Wildman–Crippen LogP) is 2.69. The van der Waals surface area contributed by atoms with Crippen molar-refractivity contribution in [3.63, 3.8) is 0 Å². The predicted molar refractivity (Wildman–Crippen MR) is 101 cm³/mol. The van der Waals surface area contributed by atoms with Gasteiger partial charge in [-0.3, -0.25) is 14.9 Å². The van der Waals surface area contributed by atoms with E-state index in [1.807, 2.05) is 0 Å². The van der Waals surface area contributed by atoms with Gasteiger partial charge in [-0.2, -0.15) is 4.98 Å². The van der Waals surface area contributed by atoms with Crippen LogP contribution in [-0.2, 0) is 4.74 Å². The van der Waals surface area contributed by atoms with Crippen LogP contribution in [0.2, 0.25) is 0 Å². The fraction of sp³-hybridized carbons (Fsp3) is 0.158. The van der Waals surface area contributed by atoms with Crippen molar-refractivity contribution in [2.24, 2.45) is 0 Å². The monoisotopic (exact) mass is 413 g/mol. The van der Waals surface area contributed by atoms with Crippen LogP contribution in [0.25, 0.3) is 11.4 Å². The molecule has 1 heterocycles. The van der Waals surface area contributed by atoms with E-state index < -0.39 is 33.7 Å². The first-order valence-electron chi connectivity index (χ1n) is 8.40. The Hall–Kier alpha value is -4.28. The smallest absolute Gasteiger partial charge is 0.337 e. The van der Waals surface area contributed by atoms with Gasteiger partial charge in [0, 0.05) is 18.1 Å². The first-order chi connectivity index (χ1) is 14.3. The number of benzene rings is 2. The number of carbonyl (C=O) groups is 2. The van der Waals surface area contributed by atoms with Gasteiger partial charge in [0.05, 0.1) is 24.7 Å². The van der Waals surface area contributed by atoms with Crippen molar-refractivity contribution in [1.29, 1.82) is 0 Å². The molecule has 0 aliphatic carbocycles. The lowest BCUT2D eigenvalue weighted by molar-refractivity contribution is -0.386. The number of esters is 1. The van der Waals surface area contributed by atoms with Crippen molar-refractivity contribution in [3.05, 3.63) is 63.0 Å². The number of aromatic hydroxyl groups is 1. The van der Waals surface area contributed by atoms with Crippen molar-refractivity contribution < 1.29 is 33.6 Å². The van der Waals surface area contributed by atoms with Gasteiger partial charge < -0.3 is 19.1 Å². The van der Waals surface area contributed by atoms with E-state index in [9.17, 15) is 24.8 Å². The number of ether oxygens (including phenoxy) is 2. The third-order valence-electron chi connectivity index (χ3n) is 4.21. The lowest BCUT2D eigenvalue weighted by Crippen LogP contribution is -2.10. The van der Waals surface area contributed by atoms with Crippen molar-refractivity contribution in [2.45, 2.75) is 6.92 Å². The average molecular weight is 413 g/mol. The second kappa shape index (κ2) is 7.99. The van der Waals surface area contributed by atoms with Crippen LogP contribution in [0.3, 0.4) is 0 Å². The Morgan fingerprint density at radius 3 is 2.30 bits per heavy atom. The fourth-order valence-corrected chi connectivity index (χ4v) is 2.80. The topological polar surface area (TPSA) is 155 Å². The number of methoxy groups -OCH3 is 2. The van der Waals surface area contributed by atoms with Crippen LogP contribution >= 0.6 is 0 Å². The lowest BCUT2D eigenvalue weighted by atomic mass is 9.94. The molecule has 3 aromatic rings. The molecule has 2 aromatic carbocycles. The molecule has 1 N–H and O–H groups in total. The molecule has 30 heavy (non-hydrogen) atoms. The van der Waals surface area contributed by atoms with Crippen molar-refractivity contribution in [2.75, 3.05) is 14.2 Å². The molecule has 154 valence electrons. The average Bonchev–Trinajstić information content (AvgIpc) is 3.18. The number of hydrogen-bond donors (Lipinski definition) is 1. The molecule has 11 heteroatoms. The summed E-state index contributed by atoms with van der Waals surface area (Å²) in [6, 6.07) is 6.51. The van der Waals surface area contributed by atoms with Crippen molar-refractivity contribution in [1.82, 2.24) is 10.1 Å². The second-order valence-corrected chi connectivity index (χ2v) is 5.99. The zero-order chi connectivity index (χ0) is 22.0. The molecule has 0 spiro atoms. The highest BCUT2D eigenvalue weighted by Crippen LogP contribution is 2.44. The Balaban J connectivity index is 2.25. The van der Waals surface area contributed by atoms with Crippen LogP contribution in [0.5, 0.6) is 11.5 Å². The number of ketones is 1. The van der Waals surface area contributed by atoms with E-state index >= 15 is 0 Å². The van der Waals surface area contributed by atoms with E-state index in [4.69, 9.17) is 9.26 Å². The molecule has 11 nitrogen and oxygen atoms in total. The molecule has 0 saturated carbocycles. The molecule has 0 fully saturated rings. The summed E-state index contributed by atoms with van der Waals surface area (Å²) in [5, 5.41) is 25.8. The summed E-state index contributed by atoms with van der Waals surface area (Å²) < 4.78 is 14.5. The summed E-state index contributed by atoms with van der Waals surface area (Å²) in [5.41, 5.74) is -1.17. The van der Waals surface area contributed by atoms with Gasteiger partial charge in [-0.1, -0.05) is 17.3 Å². The second-order valence-electron chi connectivity index (χ2n) is 5.99. The van der Waals surface area contributed by atoms with E-state index in [1.165, 1.54) is 51.5 Å². The Morgan fingerprint density at radius 1 is 1.17 bits per heavy atom. The van der Waals surface area contributed by atoms with Gasteiger partial charge in [-0.15, -0.1) is 0 Å². The Kier molecular flexibility index (Phi) is 5.45. The normalized spacial score (nSPS) is 10.5. The number of nitro benzene ring substituents is 1. The summed E-state index contributed by atoms with van der Waals surface area (Å²) in [7, 11) is 2.42. The minimum absolute atomic E-state index is 0.0248. The number of aromatic nitrogens is 2. The van der Waals surface area contributed by atoms with E-state index in [0.29, 0.717) is 0 Å². The molecule has 0 saturated heterocycles. The number of rotatable bonds is 6. The molecule has 0 radical (unpaired) electrons. The Morgan fingerprint density at radius 2 is 1.80 bits per heavy atom. The fourth-order valence-electron chi connectivity index (χ4n) is 2.80. The summed E-state index contributed by atoms with van der Waals surface area (Å²) in [4.78, 5) is 39.7. The zero-order valence-electron chi connectivity index (χ0n) is 16.0. The maximum absolute atomic E-state index is 13.2. The number of phenols is 1. The highest BCUT2D eigenvalue weighted by atomic mass is 16.6. The molecule has 0 bridgehead atoms. The van der Waals surface area contributed by atoms with Gasteiger partial charge in [0.15, 0.2) is 5.75 Å². The van der Waals surface area contributed by atoms with Crippen LogP contribution in [0.1, 0.15) is 32.2 Å². The van der Waals surface area contributed by atoms with Gasteiger partial charge in [0.1, 0.15) is 5.56 Å². The molecule has 0 amide bonds. The minimum atomic E-state index is -0.898. The van der Waals surface area contributed by atoms with Gasteiger partial charge in [-0.25, -0.2) is 4.79 Å². The lowest BCUT2D eigenvalue weighted by Gasteiger charge is -2.12. The Labute approximate surface area is 169 Å². The van der Waals surface area contributed by atoms with Crippen molar-refractivity contribution >= 4 is 17.4 Å². The van der Waals surface area contributed by atoms with Crippen LogP contribution < -0.4 is 4.74 Å². The quantitative estimate of drug-likeness (QED) is 0.276. The van der Waals surface area contributed by atoms with Gasteiger partial charge >= 0.3 is 11.7 Å². The standard InChI is InChI=1S/C19H15N3O8/c1-9-20-18(21-30-9)12-8-13(28-2)17(24)15(22(26)27)14(12)16(23)10-4-6-11(7-5-10)19(25)29-3/h4-8,24H,1-3H3. The minimum Gasteiger partial charge on any atom is -0.499 e. The van der Waals surface area contributed by atoms with Gasteiger partial charge in [0.2, 0.25) is 23.2 Å². The zero-order valence-corrected chi connectivity index (χ0v) is 16.0. The molecule has 0 unspecified atom stereocenters. The number of carbonyl (C=O) groups excluding carboxylic acids is 2. The number of nitro groups is 1. The molecule has 3 rings (SSSR count).